The molecular formula is C16H20FN3O. The van der Waals surface area contributed by atoms with Gasteiger partial charge in [0, 0.05) is 18.7 Å². The fraction of sp³-hybridized carbons (Fsp3) is 0.438. The number of nitrogens with one attached hydrogen (secondary N) is 1. The Morgan fingerprint density at radius 1 is 1.38 bits per heavy atom. The highest BCUT2D eigenvalue weighted by atomic mass is 19.1. The Morgan fingerprint density at radius 2 is 2.14 bits per heavy atom. The first-order valence-electron chi connectivity index (χ1n) is 7.20. The summed E-state index contributed by atoms with van der Waals surface area (Å²) in [5.74, 6) is 4.47. The lowest BCUT2D eigenvalue weighted by Crippen LogP contribution is -2.33. The fourth-order valence-corrected chi connectivity index (χ4v) is 2.34. The summed E-state index contributed by atoms with van der Waals surface area (Å²) in [5.41, 5.74) is 5.82. The van der Waals surface area contributed by atoms with Crippen molar-refractivity contribution in [2.75, 3.05) is 32.7 Å². The molecule has 1 aliphatic heterocycles. The van der Waals surface area contributed by atoms with Gasteiger partial charge in [-0.1, -0.05) is 11.8 Å². The molecule has 1 aromatic carbocycles. The van der Waals surface area contributed by atoms with Crippen LogP contribution in [0.2, 0.25) is 0 Å². The van der Waals surface area contributed by atoms with E-state index in [1.54, 1.807) is 6.07 Å². The molecule has 3 N–H and O–H groups in total. The van der Waals surface area contributed by atoms with Crippen molar-refractivity contribution < 1.29 is 9.18 Å². The summed E-state index contributed by atoms with van der Waals surface area (Å²) in [4.78, 5) is 14.3. The lowest BCUT2D eigenvalue weighted by atomic mass is 10.1. The molecule has 0 bridgehead atoms. The van der Waals surface area contributed by atoms with Gasteiger partial charge in [-0.25, -0.2) is 4.39 Å². The van der Waals surface area contributed by atoms with E-state index in [1.807, 2.05) is 0 Å². The predicted molar refractivity (Wildman–Crippen MR) is 80.3 cm³/mol. The maximum Gasteiger partial charge on any atom is 0.251 e. The highest BCUT2D eigenvalue weighted by Gasteiger charge is 2.12. The molecule has 0 unspecified atom stereocenters. The average molecular weight is 289 g/mol. The van der Waals surface area contributed by atoms with Crippen LogP contribution in [0.25, 0.3) is 0 Å². The van der Waals surface area contributed by atoms with E-state index in [4.69, 9.17) is 5.73 Å². The first-order chi connectivity index (χ1) is 10.2. The van der Waals surface area contributed by atoms with Crippen molar-refractivity contribution in [1.82, 2.24) is 10.2 Å². The maximum atomic E-state index is 13.8. The number of carbonyl (C=O) groups is 1. The van der Waals surface area contributed by atoms with Crippen LogP contribution in [0.3, 0.4) is 0 Å². The van der Waals surface area contributed by atoms with Gasteiger partial charge in [0.1, 0.15) is 5.82 Å². The Hall–Kier alpha value is -1.90. The van der Waals surface area contributed by atoms with Gasteiger partial charge in [-0.3, -0.25) is 4.79 Å². The van der Waals surface area contributed by atoms with E-state index in [-0.39, 0.29) is 18.0 Å². The van der Waals surface area contributed by atoms with E-state index in [0.29, 0.717) is 12.1 Å². The van der Waals surface area contributed by atoms with Gasteiger partial charge < -0.3 is 16.0 Å². The zero-order chi connectivity index (χ0) is 15.1. The van der Waals surface area contributed by atoms with Gasteiger partial charge in [0.25, 0.3) is 5.91 Å². The number of rotatable bonds is 4. The minimum Gasteiger partial charge on any atom is -0.351 e. The van der Waals surface area contributed by atoms with Gasteiger partial charge in [0.2, 0.25) is 0 Å². The molecule has 4 nitrogen and oxygen atoms in total. The van der Waals surface area contributed by atoms with Crippen LogP contribution in [0.15, 0.2) is 18.2 Å². The van der Waals surface area contributed by atoms with E-state index in [0.717, 1.165) is 19.6 Å². The standard InChI is InChI=1S/C16H20FN3O/c17-15-12-14(6-5-13(15)4-3-7-18)16(21)19-8-11-20-9-1-2-10-20/h5-6,12H,1-2,7-11,18H2,(H,19,21). The Kier molecular flexibility index (Phi) is 5.73. The largest absolute Gasteiger partial charge is 0.351 e. The first-order valence-corrected chi connectivity index (χ1v) is 7.20. The molecule has 21 heavy (non-hydrogen) atoms. The third kappa shape index (κ3) is 4.55. The molecule has 0 atom stereocenters. The van der Waals surface area contributed by atoms with Gasteiger partial charge in [-0.05, 0) is 44.1 Å². The third-order valence-corrected chi connectivity index (χ3v) is 3.47. The summed E-state index contributed by atoms with van der Waals surface area (Å²) in [5, 5.41) is 2.81. The zero-order valence-corrected chi connectivity index (χ0v) is 12.0. The van der Waals surface area contributed by atoms with E-state index in [9.17, 15) is 9.18 Å². The summed E-state index contributed by atoms with van der Waals surface area (Å²) < 4.78 is 13.8. The number of hydrogen-bond donors (Lipinski definition) is 2. The number of likely N-dealkylation sites (tertiary alicyclic amines) is 1. The number of hydrogen-bond acceptors (Lipinski definition) is 3. The molecule has 5 heteroatoms. The molecule has 1 saturated heterocycles. The highest BCUT2D eigenvalue weighted by Crippen LogP contribution is 2.10. The number of halogens is 1. The molecule has 2 rings (SSSR count). The van der Waals surface area contributed by atoms with Crippen LogP contribution in [0.1, 0.15) is 28.8 Å². The summed E-state index contributed by atoms with van der Waals surface area (Å²) in [6, 6.07) is 4.30. The molecule has 1 aromatic rings. The van der Waals surface area contributed by atoms with Crippen molar-refractivity contribution >= 4 is 5.91 Å². The number of amides is 1. The predicted octanol–water partition coefficient (Wildman–Crippen LogP) is 0.961. The molecule has 112 valence electrons. The number of nitrogens with two attached hydrogens (primary N) is 1. The minimum atomic E-state index is -0.497. The van der Waals surface area contributed by atoms with Gasteiger partial charge in [0.15, 0.2) is 0 Å². The second kappa shape index (κ2) is 7.77. The topological polar surface area (TPSA) is 58.4 Å². The fourth-order valence-electron chi connectivity index (χ4n) is 2.34. The molecule has 0 spiro atoms. The van der Waals surface area contributed by atoms with Crippen molar-refractivity contribution in [3.8, 4) is 11.8 Å². The maximum absolute atomic E-state index is 13.8. The van der Waals surface area contributed by atoms with Crippen molar-refractivity contribution in [1.29, 1.82) is 0 Å². The Labute approximate surface area is 124 Å². The first kappa shape index (κ1) is 15.5. The van der Waals surface area contributed by atoms with Crippen molar-refractivity contribution in [2.24, 2.45) is 5.73 Å². The number of carbonyl (C=O) groups excluding carboxylic acids is 1. The number of benzene rings is 1. The second-order valence-electron chi connectivity index (χ2n) is 5.01. The van der Waals surface area contributed by atoms with E-state index < -0.39 is 5.82 Å². The molecular weight excluding hydrogens is 269 g/mol. The Morgan fingerprint density at radius 3 is 2.81 bits per heavy atom. The van der Waals surface area contributed by atoms with Crippen LogP contribution >= 0.6 is 0 Å². The minimum absolute atomic E-state index is 0.179. The monoisotopic (exact) mass is 289 g/mol. The van der Waals surface area contributed by atoms with Crippen molar-refractivity contribution in [3.63, 3.8) is 0 Å². The van der Waals surface area contributed by atoms with E-state index >= 15 is 0 Å². The quantitative estimate of drug-likeness (QED) is 0.812. The molecule has 0 radical (unpaired) electrons. The molecule has 0 aromatic heterocycles. The van der Waals surface area contributed by atoms with Gasteiger partial charge >= 0.3 is 0 Å². The van der Waals surface area contributed by atoms with Gasteiger partial charge in [0.05, 0.1) is 12.1 Å². The molecule has 1 aliphatic rings. The third-order valence-electron chi connectivity index (χ3n) is 3.47. The second-order valence-corrected chi connectivity index (χ2v) is 5.01. The smallest absolute Gasteiger partial charge is 0.251 e. The van der Waals surface area contributed by atoms with Crippen LogP contribution in [-0.4, -0.2) is 43.5 Å². The zero-order valence-electron chi connectivity index (χ0n) is 12.0. The number of nitrogens with zero attached hydrogens (tertiary/aromatic N) is 1. The normalized spacial score (nSPS) is 14.6. The summed E-state index contributed by atoms with van der Waals surface area (Å²) in [6.07, 6.45) is 2.45. The van der Waals surface area contributed by atoms with Crippen LogP contribution in [0.5, 0.6) is 0 Å². The van der Waals surface area contributed by atoms with E-state index in [2.05, 4.69) is 22.1 Å². The summed E-state index contributed by atoms with van der Waals surface area (Å²) in [6.45, 7) is 3.79. The lowest BCUT2D eigenvalue weighted by Gasteiger charge is -2.14. The Balaban J connectivity index is 1.88. The molecule has 1 amide bonds. The SMILES string of the molecule is NCC#Cc1ccc(C(=O)NCCN2CCCC2)cc1F. The van der Waals surface area contributed by atoms with Gasteiger partial charge in [-0.2, -0.15) is 0 Å². The van der Waals surface area contributed by atoms with Crippen molar-refractivity contribution in [2.45, 2.75) is 12.8 Å². The van der Waals surface area contributed by atoms with Crippen molar-refractivity contribution in [3.05, 3.63) is 35.1 Å². The van der Waals surface area contributed by atoms with Crippen LogP contribution in [0.4, 0.5) is 4.39 Å². The molecule has 0 saturated carbocycles. The van der Waals surface area contributed by atoms with Gasteiger partial charge in [-0.15, -0.1) is 0 Å². The summed E-state index contributed by atoms with van der Waals surface area (Å²) in [7, 11) is 0. The Bertz CT molecular complexity index is 556. The lowest BCUT2D eigenvalue weighted by molar-refractivity contribution is 0.0949. The molecule has 1 fully saturated rings. The molecule has 0 aliphatic carbocycles. The van der Waals surface area contributed by atoms with Crippen LogP contribution < -0.4 is 11.1 Å². The van der Waals surface area contributed by atoms with E-state index in [1.165, 1.54) is 25.0 Å². The average Bonchev–Trinajstić information content (AvgIpc) is 2.99. The molecule has 1 heterocycles. The highest BCUT2D eigenvalue weighted by molar-refractivity contribution is 5.94. The summed E-state index contributed by atoms with van der Waals surface area (Å²) >= 11 is 0. The van der Waals surface area contributed by atoms with Crippen LogP contribution in [-0.2, 0) is 0 Å². The van der Waals surface area contributed by atoms with Crippen LogP contribution in [0, 0.1) is 17.7 Å².